The van der Waals surface area contributed by atoms with Gasteiger partial charge >= 0.3 is 0 Å². The Morgan fingerprint density at radius 2 is 0.958 bits per heavy atom. The fourth-order valence-electron chi connectivity index (χ4n) is 7.84. The Hall–Kier alpha value is -6.06. The number of nitrogens with zero attached hydrogens (tertiary/aromatic N) is 1. The number of rotatable bonds is 4. The summed E-state index contributed by atoms with van der Waals surface area (Å²) in [6.07, 6.45) is 0. The summed E-state index contributed by atoms with van der Waals surface area (Å²) in [7, 11) is 0. The zero-order chi connectivity index (χ0) is 32.0. The monoisotopic (exact) mass is 617 g/mol. The van der Waals surface area contributed by atoms with E-state index in [0.717, 1.165) is 60.9 Å². The van der Waals surface area contributed by atoms with Crippen LogP contribution in [-0.4, -0.2) is 0 Å². The molecule has 0 saturated heterocycles. The zero-order valence-electron chi connectivity index (χ0n) is 26.7. The molecule has 3 nitrogen and oxygen atoms in total. The highest BCUT2D eigenvalue weighted by atomic mass is 16.3. The Morgan fingerprint density at radius 3 is 1.71 bits per heavy atom. The molecule has 0 spiro atoms. The van der Waals surface area contributed by atoms with Crippen molar-refractivity contribution in [1.29, 1.82) is 0 Å². The third-order valence-electron chi connectivity index (χ3n) is 10.2. The van der Waals surface area contributed by atoms with E-state index in [4.69, 9.17) is 8.83 Å². The van der Waals surface area contributed by atoms with Crippen LogP contribution in [0, 0.1) is 0 Å². The lowest BCUT2D eigenvalue weighted by atomic mass is 9.82. The Bertz CT molecular complexity index is 2700. The van der Waals surface area contributed by atoms with E-state index in [9.17, 15) is 0 Å². The summed E-state index contributed by atoms with van der Waals surface area (Å²) in [5, 5.41) is 4.25. The minimum atomic E-state index is -0.0885. The smallest absolute Gasteiger partial charge is 0.136 e. The van der Waals surface area contributed by atoms with Gasteiger partial charge in [-0.1, -0.05) is 98.8 Å². The van der Waals surface area contributed by atoms with Crippen LogP contribution in [0.4, 0.5) is 17.1 Å². The molecule has 0 atom stereocenters. The number of para-hydroxylation sites is 1. The summed E-state index contributed by atoms with van der Waals surface area (Å²) in [4.78, 5) is 2.35. The van der Waals surface area contributed by atoms with Crippen molar-refractivity contribution in [1.82, 2.24) is 0 Å². The van der Waals surface area contributed by atoms with Crippen LogP contribution in [0.3, 0.4) is 0 Å². The Labute approximate surface area is 278 Å². The van der Waals surface area contributed by atoms with E-state index in [0.29, 0.717) is 0 Å². The zero-order valence-corrected chi connectivity index (χ0v) is 26.7. The third-order valence-corrected chi connectivity index (χ3v) is 10.2. The van der Waals surface area contributed by atoms with Crippen molar-refractivity contribution in [3.8, 4) is 22.3 Å². The molecule has 228 valence electrons. The van der Waals surface area contributed by atoms with Crippen molar-refractivity contribution in [2.75, 3.05) is 4.90 Å². The van der Waals surface area contributed by atoms with Gasteiger partial charge in [-0.05, 0) is 100 Å². The van der Waals surface area contributed by atoms with Gasteiger partial charge in [-0.15, -0.1) is 0 Å². The summed E-state index contributed by atoms with van der Waals surface area (Å²) in [6, 6.07) is 54.0. The summed E-state index contributed by atoms with van der Waals surface area (Å²) in [5.74, 6) is 0. The van der Waals surface area contributed by atoms with E-state index in [1.807, 2.05) is 6.07 Å². The van der Waals surface area contributed by atoms with Gasteiger partial charge < -0.3 is 13.7 Å². The van der Waals surface area contributed by atoms with E-state index >= 15 is 0 Å². The van der Waals surface area contributed by atoms with Gasteiger partial charge in [0, 0.05) is 44.0 Å². The van der Waals surface area contributed by atoms with Gasteiger partial charge in [-0.2, -0.15) is 0 Å². The number of hydrogen-bond donors (Lipinski definition) is 0. The first kappa shape index (κ1) is 27.1. The van der Waals surface area contributed by atoms with E-state index in [2.05, 4.69) is 164 Å². The first-order chi connectivity index (χ1) is 23.5. The Morgan fingerprint density at radius 1 is 0.396 bits per heavy atom. The van der Waals surface area contributed by atoms with Crippen molar-refractivity contribution in [2.45, 2.75) is 19.3 Å². The van der Waals surface area contributed by atoms with Crippen LogP contribution in [0.25, 0.3) is 66.1 Å². The molecule has 0 unspecified atom stereocenters. The highest BCUT2D eigenvalue weighted by Crippen LogP contribution is 2.51. The molecule has 0 bridgehead atoms. The van der Waals surface area contributed by atoms with Crippen molar-refractivity contribution in [3.63, 3.8) is 0 Å². The molecule has 0 radical (unpaired) electrons. The average Bonchev–Trinajstić information content (AvgIpc) is 3.75. The molecule has 1 aliphatic carbocycles. The molecule has 0 aliphatic heterocycles. The first-order valence-electron chi connectivity index (χ1n) is 16.5. The van der Waals surface area contributed by atoms with E-state index in [-0.39, 0.29) is 5.41 Å². The molecule has 0 saturated carbocycles. The maximum absolute atomic E-state index is 6.50. The average molecular weight is 618 g/mol. The largest absolute Gasteiger partial charge is 0.456 e. The molecule has 0 fully saturated rings. The maximum Gasteiger partial charge on any atom is 0.136 e. The van der Waals surface area contributed by atoms with Crippen LogP contribution in [0.5, 0.6) is 0 Å². The maximum atomic E-state index is 6.50. The minimum absolute atomic E-state index is 0.0885. The lowest BCUT2D eigenvalue weighted by Crippen LogP contribution is -2.16. The highest BCUT2D eigenvalue weighted by molar-refractivity contribution is 6.15. The second-order valence-corrected chi connectivity index (χ2v) is 13.4. The van der Waals surface area contributed by atoms with Crippen LogP contribution in [-0.2, 0) is 5.41 Å². The van der Waals surface area contributed by atoms with Crippen LogP contribution < -0.4 is 4.90 Å². The lowest BCUT2D eigenvalue weighted by Gasteiger charge is -2.28. The minimum Gasteiger partial charge on any atom is -0.456 e. The van der Waals surface area contributed by atoms with Gasteiger partial charge in [0.2, 0.25) is 0 Å². The van der Waals surface area contributed by atoms with Crippen LogP contribution in [0.2, 0.25) is 0 Å². The summed E-state index contributed by atoms with van der Waals surface area (Å²) >= 11 is 0. The highest BCUT2D eigenvalue weighted by Gasteiger charge is 2.35. The van der Waals surface area contributed by atoms with Gasteiger partial charge in [-0.3, -0.25) is 0 Å². The fourth-order valence-corrected chi connectivity index (χ4v) is 7.84. The third kappa shape index (κ3) is 3.94. The van der Waals surface area contributed by atoms with Gasteiger partial charge in [0.25, 0.3) is 0 Å². The van der Waals surface area contributed by atoms with E-state index in [1.54, 1.807) is 0 Å². The van der Waals surface area contributed by atoms with Gasteiger partial charge in [0.15, 0.2) is 0 Å². The van der Waals surface area contributed by atoms with E-state index < -0.39 is 0 Å². The number of hydrogen-bond acceptors (Lipinski definition) is 3. The molecule has 0 amide bonds. The molecule has 2 heterocycles. The summed E-state index contributed by atoms with van der Waals surface area (Å²) in [5.41, 5.74) is 14.4. The predicted octanol–water partition coefficient (Wildman–Crippen LogP) is 12.9. The molecule has 2 aromatic heterocycles. The lowest BCUT2D eigenvalue weighted by molar-refractivity contribution is 0.660. The molecule has 1 aliphatic rings. The van der Waals surface area contributed by atoms with E-state index in [1.165, 1.54) is 33.4 Å². The molecular weight excluding hydrogens is 587 g/mol. The van der Waals surface area contributed by atoms with Crippen molar-refractivity contribution in [2.24, 2.45) is 0 Å². The predicted molar refractivity (Wildman–Crippen MR) is 199 cm³/mol. The standard InChI is InChI=1S/C45H31NO2/c1-45(2)39-16-10-9-15-33(39)34-20-18-32(25-40(34)45)46(30-13-7-4-8-14-30)31-19-22-42-36(24-31)38-27-43-37(26-44(38)48-42)35-23-29(17-21-41(35)47-43)28-11-5-3-6-12-28/h3-27H,1-2H3. The van der Waals surface area contributed by atoms with Gasteiger partial charge in [0.05, 0.1) is 0 Å². The van der Waals surface area contributed by atoms with Crippen LogP contribution >= 0.6 is 0 Å². The molecule has 48 heavy (non-hydrogen) atoms. The molecular formula is C45H31NO2. The first-order valence-corrected chi connectivity index (χ1v) is 16.5. The Kier molecular flexibility index (Phi) is 5.63. The van der Waals surface area contributed by atoms with Crippen LogP contribution in [0.1, 0.15) is 25.0 Å². The van der Waals surface area contributed by atoms with Crippen molar-refractivity contribution < 1.29 is 8.83 Å². The normalized spacial score (nSPS) is 13.4. The quantitative estimate of drug-likeness (QED) is 0.197. The molecule has 10 rings (SSSR count). The van der Waals surface area contributed by atoms with Crippen molar-refractivity contribution >= 4 is 60.9 Å². The summed E-state index contributed by atoms with van der Waals surface area (Å²) < 4.78 is 12.9. The molecule has 7 aromatic carbocycles. The SMILES string of the molecule is CC1(C)c2ccccc2-c2ccc(N(c3ccccc3)c3ccc4oc5cc6c(cc5c4c3)oc3ccc(-c4ccccc4)cc36)cc21. The fraction of sp³-hybridized carbons (Fsp3) is 0.0667. The summed E-state index contributed by atoms with van der Waals surface area (Å²) in [6.45, 7) is 4.67. The number of furan rings is 2. The van der Waals surface area contributed by atoms with Crippen molar-refractivity contribution in [3.05, 3.63) is 163 Å². The number of anilines is 3. The van der Waals surface area contributed by atoms with Gasteiger partial charge in [0.1, 0.15) is 22.3 Å². The molecule has 3 heteroatoms. The Balaban J connectivity index is 1.13. The second-order valence-electron chi connectivity index (χ2n) is 13.4. The molecule has 0 N–H and O–H groups in total. The number of benzene rings is 7. The van der Waals surface area contributed by atoms with Crippen LogP contribution in [0.15, 0.2) is 160 Å². The molecule has 9 aromatic rings. The second kappa shape index (κ2) is 9.97. The number of fused-ring (bicyclic) bond motifs is 9. The topological polar surface area (TPSA) is 29.5 Å². The van der Waals surface area contributed by atoms with Gasteiger partial charge in [-0.25, -0.2) is 0 Å².